The van der Waals surface area contributed by atoms with Gasteiger partial charge in [-0.15, -0.1) is 0 Å². The summed E-state index contributed by atoms with van der Waals surface area (Å²) in [5.41, 5.74) is 4.32. The molecule has 0 fully saturated rings. The van der Waals surface area contributed by atoms with Crippen LogP contribution >= 0.6 is 12.8 Å². The summed E-state index contributed by atoms with van der Waals surface area (Å²) in [5.74, 6) is -0.449. The Morgan fingerprint density at radius 1 is 1.06 bits per heavy atom. The normalized spacial score (nSPS) is 10.7. The van der Waals surface area contributed by atoms with Crippen molar-refractivity contribution in [2.45, 2.75) is 6.42 Å². The minimum Gasteiger partial charge on any atom is -0.495 e. The Kier molecular flexibility index (Phi) is 6.04. The zero-order valence-electron chi connectivity index (χ0n) is 17.2. The monoisotopic (exact) mass is 447 g/mol. The molecular formula is C24H21N3O4S. The maximum absolute atomic E-state index is 12.9. The van der Waals surface area contributed by atoms with Crippen molar-refractivity contribution in [2.75, 3.05) is 16.7 Å². The van der Waals surface area contributed by atoms with E-state index in [1.165, 1.54) is 7.11 Å². The van der Waals surface area contributed by atoms with Crippen molar-refractivity contribution in [3.05, 3.63) is 78.4 Å². The number of aromatic amines is 1. The fraction of sp³-hybridized carbons (Fsp3) is 0.0833. The molecule has 7 nitrogen and oxygen atoms in total. The summed E-state index contributed by atoms with van der Waals surface area (Å²) in [6, 6.07) is 21.7. The van der Waals surface area contributed by atoms with Crippen LogP contribution in [0.3, 0.4) is 0 Å². The van der Waals surface area contributed by atoms with Gasteiger partial charge in [-0.25, -0.2) is 9.10 Å². The number of hydrogen-bond donors (Lipinski definition) is 4. The number of methoxy groups -OCH3 is 1. The van der Waals surface area contributed by atoms with Crippen LogP contribution in [0.2, 0.25) is 0 Å². The molecule has 8 heteroatoms. The number of aliphatic carboxylic acids is 1. The number of carboxylic acids is 1. The van der Waals surface area contributed by atoms with Gasteiger partial charge in [0.1, 0.15) is 5.75 Å². The second-order valence-electron chi connectivity index (χ2n) is 7.17. The number of nitrogens with zero attached hydrogens (tertiary/aromatic N) is 1. The molecule has 1 heterocycles. The number of para-hydroxylation sites is 1. The molecule has 0 atom stereocenters. The van der Waals surface area contributed by atoms with Crippen molar-refractivity contribution in [3.8, 4) is 17.0 Å². The Bertz CT molecular complexity index is 1270. The highest BCUT2D eigenvalue weighted by Crippen LogP contribution is 2.32. The molecule has 0 saturated heterocycles. The second kappa shape index (κ2) is 9.07. The molecule has 0 unspecified atom stereocenters. The van der Waals surface area contributed by atoms with E-state index in [4.69, 9.17) is 9.84 Å². The molecule has 0 bridgehead atoms. The largest absolute Gasteiger partial charge is 0.495 e. The number of benzene rings is 3. The van der Waals surface area contributed by atoms with Crippen LogP contribution in [0.25, 0.3) is 22.2 Å². The molecule has 0 spiro atoms. The van der Waals surface area contributed by atoms with Gasteiger partial charge in [0.2, 0.25) is 0 Å². The Morgan fingerprint density at radius 3 is 2.62 bits per heavy atom. The SMILES string of the molecule is COc1ccc(-c2cc3ccccc3[nH]2)cc1NC(=O)N(S)c1cccc(CC(=O)O)c1. The van der Waals surface area contributed by atoms with E-state index >= 15 is 0 Å². The number of nitrogens with one attached hydrogen (secondary N) is 2. The maximum Gasteiger partial charge on any atom is 0.336 e. The molecule has 2 amide bonds. The molecule has 4 rings (SSSR count). The van der Waals surface area contributed by atoms with Crippen LogP contribution in [0.4, 0.5) is 16.2 Å². The third-order valence-electron chi connectivity index (χ3n) is 4.98. The Labute approximate surface area is 190 Å². The number of anilines is 2. The fourth-order valence-electron chi connectivity index (χ4n) is 3.46. The van der Waals surface area contributed by atoms with Crippen molar-refractivity contribution in [3.63, 3.8) is 0 Å². The molecule has 0 radical (unpaired) electrons. The van der Waals surface area contributed by atoms with Gasteiger partial charge in [-0.1, -0.05) is 43.1 Å². The minimum absolute atomic E-state index is 0.141. The summed E-state index contributed by atoms with van der Waals surface area (Å²) in [7, 11) is 1.53. The Hall–Kier alpha value is -3.91. The molecule has 0 saturated carbocycles. The predicted octanol–water partition coefficient (Wildman–Crippen LogP) is 5.35. The highest BCUT2D eigenvalue weighted by atomic mass is 32.1. The highest BCUT2D eigenvalue weighted by Gasteiger charge is 2.16. The number of H-pyrrole nitrogens is 1. The van der Waals surface area contributed by atoms with Gasteiger partial charge in [0.05, 0.1) is 24.9 Å². The van der Waals surface area contributed by atoms with E-state index in [-0.39, 0.29) is 6.42 Å². The van der Waals surface area contributed by atoms with Gasteiger partial charge >= 0.3 is 12.0 Å². The summed E-state index contributed by atoms with van der Waals surface area (Å²) >= 11 is 4.30. The summed E-state index contributed by atoms with van der Waals surface area (Å²) < 4.78 is 6.54. The van der Waals surface area contributed by atoms with Crippen molar-refractivity contribution < 1.29 is 19.4 Å². The number of amides is 2. The summed E-state index contributed by atoms with van der Waals surface area (Å²) in [5, 5.41) is 12.9. The number of rotatable bonds is 6. The Balaban J connectivity index is 1.59. The van der Waals surface area contributed by atoms with Gasteiger partial charge in [-0.2, -0.15) is 0 Å². The first-order chi connectivity index (χ1) is 15.4. The smallest absolute Gasteiger partial charge is 0.336 e. The van der Waals surface area contributed by atoms with Crippen molar-refractivity contribution in [1.82, 2.24) is 4.98 Å². The van der Waals surface area contributed by atoms with Gasteiger partial charge in [0.15, 0.2) is 0 Å². The topological polar surface area (TPSA) is 94.7 Å². The lowest BCUT2D eigenvalue weighted by Gasteiger charge is -2.19. The summed E-state index contributed by atoms with van der Waals surface area (Å²) in [6.07, 6.45) is -0.141. The lowest BCUT2D eigenvalue weighted by Crippen LogP contribution is -2.27. The molecule has 0 aliphatic heterocycles. The number of carboxylic acid groups (broad SMARTS) is 1. The first-order valence-corrected chi connectivity index (χ1v) is 10.2. The zero-order chi connectivity index (χ0) is 22.7. The number of thiol groups is 1. The second-order valence-corrected chi connectivity index (χ2v) is 7.57. The van der Waals surface area contributed by atoms with Gasteiger partial charge in [0.25, 0.3) is 0 Å². The quantitative estimate of drug-likeness (QED) is 0.300. The number of carbonyl (C=O) groups excluding carboxylic acids is 1. The number of urea groups is 1. The van der Waals surface area contributed by atoms with Crippen LogP contribution in [-0.2, 0) is 11.2 Å². The lowest BCUT2D eigenvalue weighted by atomic mass is 10.1. The van der Waals surface area contributed by atoms with Crippen LogP contribution in [0, 0.1) is 0 Å². The van der Waals surface area contributed by atoms with Crippen LogP contribution < -0.4 is 14.4 Å². The lowest BCUT2D eigenvalue weighted by molar-refractivity contribution is -0.136. The number of fused-ring (bicyclic) bond motifs is 1. The van der Waals surface area contributed by atoms with E-state index in [2.05, 4.69) is 23.1 Å². The summed E-state index contributed by atoms with van der Waals surface area (Å²) in [4.78, 5) is 27.2. The molecule has 3 N–H and O–H groups in total. The van der Waals surface area contributed by atoms with E-state index in [0.717, 1.165) is 26.5 Å². The number of carbonyl (C=O) groups is 2. The predicted molar refractivity (Wildman–Crippen MR) is 129 cm³/mol. The molecule has 162 valence electrons. The van der Waals surface area contributed by atoms with E-state index in [0.29, 0.717) is 22.7 Å². The van der Waals surface area contributed by atoms with Gasteiger partial charge in [0, 0.05) is 22.2 Å². The van der Waals surface area contributed by atoms with Crippen molar-refractivity contribution in [1.29, 1.82) is 0 Å². The number of ether oxygens (including phenoxy) is 1. The first-order valence-electron chi connectivity index (χ1n) is 9.81. The highest BCUT2D eigenvalue weighted by molar-refractivity contribution is 7.82. The number of aromatic nitrogens is 1. The molecule has 0 aliphatic carbocycles. The van der Waals surface area contributed by atoms with E-state index < -0.39 is 12.0 Å². The third-order valence-corrected chi connectivity index (χ3v) is 5.40. The molecule has 3 aromatic carbocycles. The van der Waals surface area contributed by atoms with E-state index in [1.807, 2.05) is 42.5 Å². The molecule has 1 aromatic heterocycles. The fourth-order valence-corrected chi connectivity index (χ4v) is 3.63. The molecule has 0 aliphatic rings. The minimum atomic E-state index is -0.948. The van der Waals surface area contributed by atoms with E-state index in [9.17, 15) is 9.59 Å². The van der Waals surface area contributed by atoms with Crippen molar-refractivity contribution >= 4 is 47.1 Å². The van der Waals surface area contributed by atoms with Crippen LogP contribution in [0.15, 0.2) is 72.8 Å². The zero-order valence-corrected chi connectivity index (χ0v) is 18.1. The van der Waals surface area contributed by atoms with E-state index in [1.54, 1.807) is 30.3 Å². The van der Waals surface area contributed by atoms with Gasteiger partial charge in [-0.3, -0.25) is 4.79 Å². The number of hydrogen-bond acceptors (Lipinski definition) is 4. The van der Waals surface area contributed by atoms with Crippen LogP contribution in [0.1, 0.15) is 5.56 Å². The third kappa shape index (κ3) is 4.55. The van der Waals surface area contributed by atoms with Crippen LogP contribution in [0.5, 0.6) is 5.75 Å². The van der Waals surface area contributed by atoms with Crippen molar-refractivity contribution in [2.24, 2.45) is 0 Å². The Morgan fingerprint density at radius 2 is 1.88 bits per heavy atom. The summed E-state index contributed by atoms with van der Waals surface area (Å²) in [6.45, 7) is 0. The standard InChI is InChI=1S/C24H21N3O4S/c1-31-22-10-9-17(20-13-16-6-2-3-8-19(16)25-20)14-21(22)26-24(30)27(32)18-7-4-5-15(11-18)12-23(28)29/h2-11,13-14,25,32H,12H2,1H3,(H,26,30)(H,28,29). The van der Waals surface area contributed by atoms with Crippen LogP contribution in [-0.4, -0.2) is 29.2 Å². The average Bonchev–Trinajstić information content (AvgIpc) is 3.22. The van der Waals surface area contributed by atoms with Gasteiger partial charge in [-0.05, 0) is 48.0 Å². The molecule has 4 aromatic rings. The maximum atomic E-state index is 12.9. The van der Waals surface area contributed by atoms with Gasteiger partial charge < -0.3 is 20.1 Å². The molecule has 32 heavy (non-hydrogen) atoms. The first kappa shape index (κ1) is 21.3. The average molecular weight is 448 g/mol. The molecular weight excluding hydrogens is 426 g/mol.